The highest BCUT2D eigenvalue weighted by molar-refractivity contribution is 9.10. The molecule has 0 amide bonds. The normalized spacial score (nSPS) is 12.6. The van der Waals surface area contributed by atoms with E-state index in [0.717, 1.165) is 17.5 Å². The van der Waals surface area contributed by atoms with E-state index in [1.807, 2.05) is 12.1 Å². The van der Waals surface area contributed by atoms with E-state index in [9.17, 15) is 13.9 Å². The van der Waals surface area contributed by atoms with Gasteiger partial charge in [-0.2, -0.15) is 0 Å². The number of fused-ring (bicyclic) bond motifs is 1. The molecule has 1 atom stereocenters. The smallest absolute Gasteiger partial charge is 0.133 e. The summed E-state index contributed by atoms with van der Waals surface area (Å²) >= 11 is 3.02. The maximum Gasteiger partial charge on any atom is 0.133 e. The van der Waals surface area contributed by atoms with Crippen LogP contribution in [0, 0.1) is 11.6 Å². The summed E-state index contributed by atoms with van der Waals surface area (Å²) in [5.74, 6) is -1.61. The average molecular weight is 350 g/mol. The van der Waals surface area contributed by atoms with Gasteiger partial charge in [0.05, 0.1) is 11.1 Å². The maximum atomic E-state index is 14.0. The van der Waals surface area contributed by atoms with Crippen molar-refractivity contribution >= 4 is 26.8 Å². The Bertz CT molecular complexity index is 794. The molecule has 0 saturated heterocycles. The highest BCUT2D eigenvalue weighted by Crippen LogP contribution is 2.32. The van der Waals surface area contributed by atoms with Crippen molar-refractivity contribution in [3.05, 3.63) is 75.9 Å². The number of para-hydroxylation sites is 1. The monoisotopic (exact) mass is 349 g/mol. The van der Waals surface area contributed by atoms with Gasteiger partial charge >= 0.3 is 0 Å². The van der Waals surface area contributed by atoms with Gasteiger partial charge in [0.25, 0.3) is 0 Å². The third-order valence-corrected chi connectivity index (χ3v) is 3.73. The van der Waals surface area contributed by atoms with Crippen molar-refractivity contribution in [1.29, 1.82) is 0 Å². The van der Waals surface area contributed by atoms with Crippen LogP contribution in [-0.2, 0) is 0 Å². The molecule has 1 unspecified atom stereocenters. The molecule has 0 spiro atoms. The molecule has 0 aliphatic rings. The predicted octanol–water partition coefficient (Wildman–Crippen LogP) is 4.36. The molecule has 1 heterocycles. The summed E-state index contributed by atoms with van der Waals surface area (Å²) in [6.45, 7) is 0. The Morgan fingerprint density at radius 3 is 2.43 bits per heavy atom. The molecular formula is C16H10BrF2NO. The lowest BCUT2D eigenvalue weighted by Crippen LogP contribution is -2.07. The lowest BCUT2D eigenvalue weighted by atomic mass is 9.98. The van der Waals surface area contributed by atoms with Gasteiger partial charge in [-0.25, -0.2) is 8.78 Å². The van der Waals surface area contributed by atoms with Gasteiger partial charge in [-0.15, -0.1) is 0 Å². The highest BCUT2D eigenvalue weighted by Gasteiger charge is 2.22. The molecule has 0 saturated carbocycles. The van der Waals surface area contributed by atoms with E-state index in [-0.39, 0.29) is 10.0 Å². The number of pyridine rings is 1. The zero-order chi connectivity index (χ0) is 15.0. The van der Waals surface area contributed by atoms with E-state index in [1.54, 1.807) is 24.4 Å². The highest BCUT2D eigenvalue weighted by atomic mass is 79.9. The largest absolute Gasteiger partial charge is 0.383 e. The minimum Gasteiger partial charge on any atom is -0.383 e. The predicted molar refractivity (Wildman–Crippen MR) is 79.9 cm³/mol. The number of nitrogens with zero attached hydrogens (tertiary/aromatic N) is 1. The summed E-state index contributed by atoms with van der Waals surface area (Å²) in [6.07, 6.45) is 0.157. The number of halogens is 3. The van der Waals surface area contributed by atoms with Crippen LogP contribution in [-0.4, -0.2) is 10.1 Å². The molecule has 0 aliphatic carbocycles. The van der Waals surface area contributed by atoms with E-state index in [2.05, 4.69) is 20.9 Å². The molecule has 3 rings (SSSR count). The van der Waals surface area contributed by atoms with Crippen LogP contribution in [0.4, 0.5) is 8.78 Å². The molecule has 1 N–H and O–H groups in total. The van der Waals surface area contributed by atoms with E-state index >= 15 is 0 Å². The minimum absolute atomic E-state index is 0.282. The Morgan fingerprint density at radius 2 is 1.71 bits per heavy atom. The summed E-state index contributed by atoms with van der Waals surface area (Å²) in [5.41, 5.74) is 0.513. The fourth-order valence-electron chi connectivity index (χ4n) is 2.32. The molecule has 21 heavy (non-hydrogen) atoms. The number of aliphatic hydroxyl groups excluding tert-OH is 1. The summed E-state index contributed by atoms with van der Waals surface area (Å²) in [5, 5.41) is 11.2. The number of benzene rings is 2. The van der Waals surface area contributed by atoms with Crippen LogP contribution in [0.3, 0.4) is 0 Å². The second-order valence-corrected chi connectivity index (χ2v) is 5.52. The van der Waals surface area contributed by atoms with Gasteiger partial charge in [-0.3, -0.25) is 4.98 Å². The van der Waals surface area contributed by atoms with Gasteiger partial charge in [0.15, 0.2) is 0 Å². The van der Waals surface area contributed by atoms with Gasteiger partial charge in [-0.05, 0) is 18.2 Å². The molecule has 0 aliphatic heterocycles. The average Bonchev–Trinajstić information content (AvgIpc) is 2.45. The number of hydrogen-bond donors (Lipinski definition) is 1. The van der Waals surface area contributed by atoms with Crippen LogP contribution in [0.25, 0.3) is 10.9 Å². The van der Waals surface area contributed by atoms with E-state index < -0.39 is 17.7 Å². The van der Waals surface area contributed by atoms with Crippen molar-refractivity contribution in [1.82, 2.24) is 4.98 Å². The third-order valence-electron chi connectivity index (χ3n) is 3.28. The Morgan fingerprint density at radius 1 is 1.05 bits per heavy atom. The van der Waals surface area contributed by atoms with Crippen molar-refractivity contribution < 1.29 is 13.9 Å². The summed E-state index contributed by atoms with van der Waals surface area (Å²) in [6, 6.07) is 11.0. The SMILES string of the molecule is OC(c1c(F)cc(Br)cc1F)c1cccc2cccnc12. The summed E-state index contributed by atoms with van der Waals surface area (Å²) < 4.78 is 28.3. The topological polar surface area (TPSA) is 33.1 Å². The Labute approximate surface area is 128 Å². The molecule has 2 aromatic carbocycles. The molecule has 1 aromatic heterocycles. The fraction of sp³-hybridized carbons (Fsp3) is 0.0625. The lowest BCUT2D eigenvalue weighted by molar-refractivity contribution is 0.210. The van der Waals surface area contributed by atoms with Crippen LogP contribution in [0.1, 0.15) is 17.2 Å². The van der Waals surface area contributed by atoms with Gasteiger partial charge in [0, 0.05) is 21.6 Å². The van der Waals surface area contributed by atoms with Gasteiger partial charge < -0.3 is 5.11 Å². The molecule has 2 nitrogen and oxygen atoms in total. The molecule has 3 aromatic rings. The molecule has 5 heteroatoms. The van der Waals surface area contributed by atoms with Crippen molar-refractivity contribution in [3.8, 4) is 0 Å². The summed E-state index contributed by atoms with van der Waals surface area (Å²) in [4.78, 5) is 4.19. The quantitative estimate of drug-likeness (QED) is 0.745. The molecule has 0 fully saturated rings. The van der Waals surface area contributed by atoms with Gasteiger partial charge in [-0.1, -0.05) is 40.2 Å². The number of aliphatic hydroxyl groups is 1. The van der Waals surface area contributed by atoms with Crippen LogP contribution in [0.15, 0.2) is 53.1 Å². The second kappa shape index (κ2) is 5.50. The zero-order valence-electron chi connectivity index (χ0n) is 10.7. The molecule has 0 bridgehead atoms. The van der Waals surface area contributed by atoms with Crippen LogP contribution < -0.4 is 0 Å². The van der Waals surface area contributed by atoms with Crippen LogP contribution in [0.5, 0.6) is 0 Å². The zero-order valence-corrected chi connectivity index (χ0v) is 12.3. The standard InChI is InChI=1S/C16H10BrF2NO/c17-10-7-12(18)14(13(19)8-10)16(21)11-5-1-3-9-4-2-6-20-15(9)11/h1-8,16,21H. The molecule has 0 radical (unpaired) electrons. The van der Waals surface area contributed by atoms with Crippen LogP contribution in [0.2, 0.25) is 0 Å². The fourth-order valence-corrected chi connectivity index (χ4v) is 2.72. The van der Waals surface area contributed by atoms with Gasteiger partial charge in [0.2, 0.25) is 0 Å². The van der Waals surface area contributed by atoms with E-state index in [0.29, 0.717) is 11.1 Å². The maximum absolute atomic E-state index is 14.0. The number of hydrogen-bond acceptors (Lipinski definition) is 2. The first-order chi connectivity index (χ1) is 10.1. The molecular weight excluding hydrogens is 340 g/mol. The van der Waals surface area contributed by atoms with Crippen molar-refractivity contribution in [2.45, 2.75) is 6.10 Å². The van der Waals surface area contributed by atoms with Crippen LogP contribution >= 0.6 is 15.9 Å². The number of aromatic nitrogens is 1. The molecule has 106 valence electrons. The van der Waals surface area contributed by atoms with E-state index in [1.165, 1.54) is 0 Å². The summed E-state index contributed by atoms with van der Waals surface area (Å²) in [7, 11) is 0. The Kier molecular flexibility index (Phi) is 3.69. The van der Waals surface area contributed by atoms with E-state index in [4.69, 9.17) is 0 Å². The first-order valence-electron chi connectivity index (χ1n) is 6.24. The minimum atomic E-state index is -1.42. The van der Waals surface area contributed by atoms with Crippen molar-refractivity contribution in [2.75, 3.05) is 0 Å². The number of rotatable bonds is 2. The second-order valence-electron chi connectivity index (χ2n) is 4.61. The Balaban J connectivity index is 2.20. The lowest BCUT2D eigenvalue weighted by Gasteiger charge is -2.15. The van der Waals surface area contributed by atoms with Crippen molar-refractivity contribution in [2.24, 2.45) is 0 Å². The Hall–Kier alpha value is -1.85. The first kappa shape index (κ1) is 14.1. The first-order valence-corrected chi connectivity index (χ1v) is 7.03. The van der Waals surface area contributed by atoms with Gasteiger partial charge in [0.1, 0.15) is 17.7 Å². The van der Waals surface area contributed by atoms with Crippen molar-refractivity contribution in [3.63, 3.8) is 0 Å². The third kappa shape index (κ3) is 2.54.